The highest BCUT2D eigenvalue weighted by Gasteiger charge is 2.21. The highest BCUT2D eigenvalue weighted by molar-refractivity contribution is 4.74. The van der Waals surface area contributed by atoms with E-state index in [-0.39, 0.29) is 0 Å². The highest BCUT2D eigenvalue weighted by atomic mass is 16.5. The molecule has 0 bridgehead atoms. The van der Waals surface area contributed by atoms with Gasteiger partial charge in [0.05, 0.1) is 12.7 Å². The topological polar surface area (TPSA) is 15.7 Å². The average Bonchev–Trinajstić information content (AvgIpc) is 2.34. The Balaban J connectivity index is 2.20. The van der Waals surface area contributed by atoms with Gasteiger partial charge in [-0.15, -0.1) is 0 Å². The predicted molar refractivity (Wildman–Crippen MR) is 91.8 cm³/mol. The summed E-state index contributed by atoms with van der Waals surface area (Å²) in [5.74, 6) is 0.827. The average molecular weight is 299 g/mol. The Morgan fingerprint density at radius 2 is 2.00 bits per heavy atom. The van der Waals surface area contributed by atoms with E-state index in [1.54, 1.807) is 0 Å². The molecule has 126 valence electrons. The molecule has 0 aromatic carbocycles. The lowest BCUT2D eigenvalue weighted by Gasteiger charge is -2.34. The summed E-state index contributed by atoms with van der Waals surface area (Å²) in [7, 11) is 2.23. The largest absolute Gasteiger partial charge is 0.376 e. The lowest BCUT2D eigenvalue weighted by Crippen LogP contribution is -2.44. The van der Waals surface area contributed by atoms with Crippen LogP contribution in [-0.2, 0) is 4.74 Å². The van der Waals surface area contributed by atoms with Crippen molar-refractivity contribution in [2.24, 2.45) is 11.3 Å². The van der Waals surface area contributed by atoms with Gasteiger partial charge >= 0.3 is 0 Å². The van der Waals surface area contributed by atoms with Crippen molar-refractivity contribution >= 4 is 0 Å². The molecule has 0 N–H and O–H groups in total. The zero-order chi connectivity index (χ0) is 15.9. The van der Waals surface area contributed by atoms with E-state index in [2.05, 4.69) is 51.5 Å². The van der Waals surface area contributed by atoms with Gasteiger partial charge in [-0.25, -0.2) is 0 Å². The molecule has 21 heavy (non-hydrogen) atoms. The van der Waals surface area contributed by atoms with Crippen LogP contribution in [0.2, 0.25) is 0 Å². The molecule has 0 amide bonds. The molecule has 1 atom stereocenters. The van der Waals surface area contributed by atoms with Crippen LogP contribution < -0.4 is 0 Å². The zero-order valence-corrected chi connectivity index (χ0v) is 15.3. The molecule has 1 rings (SSSR count). The van der Waals surface area contributed by atoms with Crippen LogP contribution in [0.4, 0.5) is 0 Å². The minimum absolute atomic E-state index is 0.380. The first-order valence-electron chi connectivity index (χ1n) is 8.79. The molecule has 1 aliphatic rings. The van der Waals surface area contributed by atoms with Gasteiger partial charge in [-0.05, 0) is 44.2 Å². The van der Waals surface area contributed by atoms with Crippen molar-refractivity contribution in [3.63, 3.8) is 0 Å². The monoisotopic (exact) mass is 298 g/mol. The number of rotatable bonds is 8. The van der Waals surface area contributed by atoms with Gasteiger partial charge < -0.3 is 9.64 Å². The third-order valence-electron chi connectivity index (χ3n) is 4.06. The Kier molecular flexibility index (Phi) is 8.22. The van der Waals surface area contributed by atoms with Crippen LogP contribution in [0.25, 0.3) is 0 Å². The van der Waals surface area contributed by atoms with Crippen LogP contribution in [0.3, 0.4) is 0 Å². The summed E-state index contributed by atoms with van der Waals surface area (Å²) in [6.07, 6.45) is 4.26. The fourth-order valence-corrected chi connectivity index (χ4v) is 3.13. The first-order chi connectivity index (χ1) is 9.76. The maximum Gasteiger partial charge on any atom is 0.0714 e. The van der Waals surface area contributed by atoms with Gasteiger partial charge in [0.25, 0.3) is 0 Å². The van der Waals surface area contributed by atoms with E-state index < -0.39 is 0 Å². The minimum Gasteiger partial charge on any atom is -0.376 e. The highest BCUT2D eigenvalue weighted by Crippen LogP contribution is 2.16. The molecule has 1 fully saturated rings. The summed E-state index contributed by atoms with van der Waals surface area (Å²) in [6, 6.07) is 0. The summed E-state index contributed by atoms with van der Waals surface area (Å²) in [5.41, 5.74) is 0.380. The third-order valence-corrected chi connectivity index (χ3v) is 4.06. The van der Waals surface area contributed by atoms with E-state index in [1.807, 2.05) is 0 Å². The SMILES string of the molecule is CC(C)CCCN1CCO[C@H](CCN(C)CC(C)(C)C)C1. The van der Waals surface area contributed by atoms with E-state index in [4.69, 9.17) is 4.74 Å². The normalized spacial score (nSPS) is 21.4. The summed E-state index contributed by atoms with van der Waals surface area (Å²) in [5, 5.41) is 0. The van der Waals surface area contributed by atoms with Crippen molar-refractivity contribution in [2.75, 3.05) is 46.4 Å². The minimum atomic E-state index is 0.380. The molecule has 0 aromatic heterocycles. The quantitative estimate of drug-likeness (QED) is 0.682. The molecule has 1 heterocycles. The first kappa shape index (κ1) is 18.9. The number of nitrogens with zero attached hydrogens (tertiary/aromatic N) is 2. The Hall–Kier alpha value is -0.120. The van der Waals surface area contributed by atoms with Crippen LogP contribution in [0, 0.1) is 11.3 Å². The molecule has 0 unspecified atom stereocenters. The van der Waals surface area contributed by atoms with Gasteiger partial charge in [-0.2, -0.15) is 0 Å². The maximum absolute atomic E-state index is 5.95. The molecular formula is C18H38N2O. The number of ether oxygens (including phenoxy) is 1. The summed E-state index contributed by atoms with van der Waals surface area (Å²) < 4.78 is 5.95. The summed E-state index contributed by atoms with van der Waals surface area (Å²) in [6.45, 7) is 18.2. The van der Waals surface area contributed by atoms with E-state index >= 15 is 0 Å². The van der Waals surface area contributed by atoms with Gasteiger partial charge in [0.2, 0.25) is 0 Å². The second-order valence-electron chi connectivity index (χ2n) is 8.42. The molecule has 0 aliphatic carbocycles. The van der Waals surface area contributed by atoms with Gasteiger partial charge in [0.15, 0.2) is 0 Å². The smallest absolute Gasteiger partial charge is 0.0714 e. The fourth-order valence-electron chi connectivity index (χ4n) is 3.13. The molecule has 3 nitrogen and oxygen atoms in total. The van der Waals surface area contributed by atoms with Crippen molar-refractivity contribution in [1.29, 1.82) is 0 Å². The van der Waals surface area contributed by atoms with E-state index in [1.165, 1.54) is 19.4 Å². The first-order valence-corrected chi connectivity index (χ1v) is 8.79. The van der Waals surface area contributed by atoms with Crippen LogP contribution in [0.15, 0.2) is 0 Å². The molecule has 0 spiro atoms. The van der Waals surface area contributed by atoms with Crippen LogP contribution in [0.5, 0.6) is 0 Å². The Labute approximate surface area is 133 Å². The second kappa shape index (κ2) is 9.12. The number of hydrogen-bond acceptors (Lipinski definition) is 3. The molecule has 3 heteroatoms. The van der Waals surface area contributed by atoms with Crippen LogP contribution >= 0.6 is 0 Å². The lowest BCUT2D eigenvalue weighted by molar-refractivity contribution is -0.0360. The molecule has 1 saturated heterocycles. The van der Waals surface area contributed by atoms with Crippen molar-refractivity contribution in [2.45, 2.75) is 60.0 Å². The molecule has 0 saturated carbocycles. The standard InChI is InChI=1S/C18H38N2O/c1-16(2)8-7-10-20-12-13-21-17(14-20)9-11-19(6)15-18(3,4)5/h16-17H,7-15H2,1-6H3/t17-/m1/s1. The predicted octanol–water partition coefficient (Wildman–Crippen LogP) is 3.49. The van der Waals surface area contributed by atoms with Gasteiger partial charge in [0.1, 0.15) is 0 Å². The Morgan fingerprint density at radius 1 is 1.29 bits per heavy atom. The number of morpholine rings is 1. The molecular weight excluding hydrogens is 260 g/mol. The lowest BCUT2D eigenvalue weighted by atomic mass is 9.96. The molecule has 1 aliphatic heterocycles. The van der Waals surface area contributed by atoms with Crippen LogP contribution in [-0.4, -0.2) is 62.3 Å². The Bertz CT molecular complexity index is 273. The van der Waals surface area contributed by atoms with Crippen LogP contribution in [0.1, 0.15) is 53.9 Å². The molecule has 0 aromatic rings. The summed E-state index contributed by atoms with van der Waals surface area (Å²) >= 11 is 0. The fraction of sp³-hybridized carbons (Fsp3) is 1.00. The van der Waals surface area contributed by atoms with Gasteiger partial charge in [-0.3, -0.25) is 4.90 Å². The maximum atomic E-state index is 5.95. The zero-order valence-electron chi connectivity index (χ0n) is 15.3. The van der Waals surface area contributed by atoms with E-state index in [0.29, 0.717) is 11.5 Å². The van der Waals surface area contributed by atoms with Crippen molar-refractivity contribution in [3.05, 3.63) is 0 Å². The van der Waals surface area contributed by atoms with E-state index in [9.17, 15) is 0 Å². The Morgan fingerprint density at radius 3 is 2.62 bits per heavy atom. The van der Waals surface area contributed by atoms with E-state index in [0.717, 1.165) is 45.1 Å². The van der Waals surface area contributed by atoms with Gasteiger partial charge in [0, 0.05) is 26.2 Å². The van der Waals surface area contributed by atoms with Crippen molar-refractivity contribution in [3.8, 4) is 0 Å². The number of hydrogen-bond donors (Lipinski definition) is 0. The molecule has 0 radical (unpaired) electrons. The van der Waals surface area contributed by atoms with Gasteiger partial charge in [-0.1, -0.05) is 34.6 Å². The second-order valence-corrected chi connectivity index (χ2v) is 8.42. The third kappa shape index (κ3) is 9.49. The van der Waals surface area contributed by atoms with Crippen molar-refractivity contribution < 1.29 is 4.74 Å². The van der Waals surface area contributed by atoms with Crippen molar-refractivity contribution in [1.82, 2.24) is 9.80 Å². The summed E-state index contributed by atoms with van der Waals surface area (Å²) in [4.78, 5) is 5.04.